The molecule has 0 aliphatic carbocycles. The average Bonchev–Trinajstić information content (AvgIpc) is 2.69. The molecule has 0 fully saturated rings. The highest BCUT2D eigenvalue weighted by molar-refractivity contribution is 5.54. The topological polar surface area (TPSA) is 43.6 Å². The van der Waals surface area contributed by atoms with Gasteiger partial charge < -0.3 is 0 Å². The Morgan fingerprint density at radius 2 is 2.12 bits per heavy atom. The van der Waals surface area contributed by atoms with Crippen LogP contribution in [-0.4, -0.2) is 26.6 Å². The highest BCUT2D eigenvalue weighted by atomic mass is 19.3. The van der Waals surface area contributed by atoms with E-state index in [1.807, 2.05) is 0 Å². The molecular formula is C10H9F3N4. The summed E-state index contributed by atoms with van der Waals surface area (Å²) in [6.07, 6.45) is -2.54. The van der Waals surface area contributed by atoms with Crippen LogP contribution in [0.4, 0.5) is 13.2 Å². The third kappa shape index (κ3) is 2.61. The van der Waals surface area contributed by atoms with E-state index in [0.29, 0.717) is 11.1 Å². The van der Waals surface area contributed by atoms with Crippen LogP contribution >= 0.6 is 0 Å². The van der Waals surface area contributed by atoms with Crippen molar-refractivity contribution in [2.24, 2.45) is 0 Å². The van der Waals surface area contributed by atoms with Gasteiger partial charge in [-0.05, 0) is 35.9 Å². The van der Waals surface area contributed by atoms with E-state index in [4.69, 9.17) is 0 Å². The number of aromatic nitrogens is 4. The average molecular weight is 242 g/mol. The number of hydrogen-bond donors (Lipinski definition) is 0. The van der Waals surface area contributed by atoms with Crippen LogP contribution in [0.3, 0.4) is 0 Å². The Morgan fingerprint density at radius 3 is 2.76 bits per heavy atom. The molecule has 0 radical (unpaired) electrons. The van der Waals surface area contributed by atoms with Crippen molar-refractivity contribution in [3.63, 3.8) is 0 Å². The van der Waals surface area contributed by atoms with Crippen molar-refractivity contribution in [2.75, 3.05) is 0 Å². The van der Waals surface area contributed by atoms with Crippen LogP contribution in [0.5, 0.6) is 0 Å². The number of alkyl halides is 2. The van der Waals surface area contributed by atoms with Crippen molar-refractivity contribution in [3.8, 4) is 11.4 Å². The van der Waals surface area contributed by atoms with Gasteiger partial charge in [0.2, 0.25) is 5.82 Å². The quantitative estimate of drug-likeness (QED) is 0.827. The molecule has 0 atom stereocenters. The molecule has 0 N–H and O–H groups in total. The highest BCUT2D eigenvalue weighted by Crippen LogP contribution is 2.17. The molecule has 0 aliphatic rings. The maximum Gasteiger partial charge on any atom is 0.259 e. The number of tetrazole rings is 1. The van der Waals surface area contributed by atoms with Gasteiger partial charge >= 0.3 is 0 Å². The molecule has 2 aromatic rings. The van der Waals surface area contributed by atoms with Crippen LogP contribution in [0, 0.1) is 12.7 Å². The third-order valence-corrected chi connectivity index (χ3v) is 2.17. The number of hydrogen-bond acceptors (Lipinski definition) is 3. The molecule has 1 aromatic heterocycles. The molecule has 0 saturated carbocycles. The Morgan fingerprint density at radius 1 is 1.35 bits per heavy atom. The van der Waals surface area contributed by atoms with Crippen LogP contribution in [0.2, 0.25) is 0 Å². The monoisotopic (exact) mass is 242 g/mol. The van der Waals surface area contributed by atoms with E-state index in [9.17, 15) is 13.2 Å². The lowest BCUT2D eigenvalue weighted by molar-refractivity contribution is 0.115. The van der Waals surface area contributed by atoms with E-state index >= 15 is 0 Å². The molecule has 0 amide bonds. The van der Waals surface area contributed by atoms with E-state index in [2.05, 4.69) is 15.4 Å². The van der Waals surface area contributed by atoms with E-state index in [1.54, 1.807) is 13.0 Å². The number of halogens is 3. The van der Waals surface area contributed by atoms with Gasteiger partial charge in [0.15, 0.2) is 0 Å². The highest BCUT2D eigenvalue weighted by Gasteiger charge is 2.10. The molecule has 0 unspecified atom stereocenters. The molecule has 2 rings (SSSR count). The second kappa shape index (κ2) is 4.52. The predicted molar refractivity (Wildman–Crippen MR) is 54.0 cm³/mol. The van der Waals surface area contributed by atoms with Gasteiger partial charge in [-0.2, -0.15) is 4.80 Å². The Balaban J connectivity index is 2.27. The van der Waals surface area contributed by atoms with Crippen LogP contribution < -0.4 is 0 Å². The van der Waals surface area contributed by atoms with Crippen LogP contribution in [0.15, 0.2) is 18.2 Å². The Hall–Kier alpha value is -1.92. The molecule has 1 heterocycles. The summed E-state index contributed by atoms with van der Waals surface area (Å²) in [5, 5.41) is 10.9. The van der Waals surface area contributed by atoms with Gasteiger partial charge in [0.1, 0.15) is 12.4 Å². The summed E-state index contributed by atoms with van der Waals surface area (Å²) in [5.41, 5.74) is 0.983. The summed E-state index contributed by atoms with van der Waals surface area (Å²) in [6, 6.07) is 4.30. The minimum absolute atomic E-state index is 0.203. The fraction of sp³-hybridized carbons (Fsp3) is 0.300. The fourth-order valence-corrected chi connectivity index (χ4v) is 1.34. The first-order valence-electron chi connectivity index (χ1n) is 4.89. The van der Waals surface area contributed by atoms with Crippen molar-refractivity contribution >= 4 is 0 Å². The van der Waals surface area contributed by atoms with Gasteiger partial charge in [0, 0.05) is 5.56 Å². The molecular weight excluding hydrogens is 233 g/mol. The first-order valence-corrected chi connectivity index (χ1v) is 4.89. The second-order valence-corrected chi connectivity index (χ2v) is 3.52. The SMILES string of the molecule is Cc1cc(-c2nnn(CC(F)F)n2)ccc1F. The maximum atomic E-state index is 13.0. The van der Waals surface area contributed by atoms with Gasteiger partial charge in [-0.25, -0.2) is 13.2 Å². The number of rotatable bonds is 3. The van der Waals surface area contributed by atoms with Crippen LogP contribution in [0.1, 0.15) is 5.56 Å². The van der Waals surface area contributed by atoms with Crippen molar-refractivity contribution in [2.45, 2.75) is 19.9 Å². The summed E-state index contributed by atoms with van der Waals surface area (Å²) in [5.74, 6) is -0.137. The lowest BCUT2D eigenvalue weighted by atomic mass is 10.1. The first kappa shape index (κ1) is 11.6. The Kier molecular flexibility index (Phi) is 3.08. The predicted octanol–water partition coefficient (Wildman–Crippen LogP) is 2.05. The number of aryl methyl sites for hydroxylation is 1. The minimum atomic E-state index is -2.54. The lowest BCUT2D eigenvalue weighted by Crippen LogP contribution is -2.09. The van der Waals surface area contributed by atoms with Gasteiger partial charge in [-0.15, -0.1) is 10.2 Å². The molecule has 1 aromatic carbocycles. The lowest BCUT2D eigenvalue weighted by Gasteiger charge is -1.98. The van der Waals surface area contributed by atoms with Gasteiger partial charge in [-0.3, -0.25) is 0 Å². The molecule has 4 nitrogen and oxygen atoms in total. The largest absolute Gasteiger partial charge is 0.259 e. The Bertz CT molecular complexity index is 524. The molecule has 7 heteroatoms. The second-order valence-electron chi connectivity index (χ2n) is 3.52. The number of nitrogens with zero attached hydrogens (tertiary/aromatic N) is 4. The van der Waals surface area contributed by atoms with Crippen LogP contribution in [-0.2, 0) is 6.54 Å². The fourth-order valence-electron chi connectivity index (χ4n) is 1.34. The Labute approximate surface area is 95.1 Å². The van der Waals surface area contributed by atoms with Gasteiger partial charge in [-0.1, -0.05) is 0 Å². The normalized spacial score (nSPS) is 11.1. The van der Waals surface area contributed by atoms with E-state index < -0.39 is 13.0 Å². The van der Waals surface area contributed by atoms with Crippen molar-refractivity contribution < 1.29 is 13.2 Å². The molecule has 90 valence electrons. The van der Waals surface area contributed by atoms with E-state index in [-0.39, 0.29) is 11.6 Å². The molecule has 0 bridgehead atoms. The van der Waals surface area contributed by atoms with Crippen LogP contribution in [0.25, 0.3) is 11.4 Å². The first-order chi connectivity index (χ1) is 8.06. The zero-order valence-electron chi connectivity index (χ0n) is 8.94. The van der Waals surface area contributed by atoms with Gasteiger partial charge in [0.05, 0.1) is 0 Å². The van der Waals surface area contributed by atoms with Gasteiger partial charge in [0.25, 0.3) is 6.43 Å². The maximum absolute atomic E-state index is 13.0. The summed E-state index contributed by atoms with van der Waals surface area (Å²) in [4.78, 5) is 0.818. The zero-order valence-corrected chi connectivity index (χ0v) is 8.94. The van der Waals surface area contributed by atoms with E-state index in [1.165, 1.54) is 12.1 Å². The summed E-state index contributed by atoms with van der Waals surface area (Å²) >= 11 is 0. The zero-order chi connectivity index (χ0) is 12.4. The molecule has 17 heavy (non-hydrogen) atoms. The number of benzene rings is 1. The minimum Gasteiger partial charge on any atom is -0.208 e. The standard InChI is InChI=1S/C10H9F3N4/c1-6-4-7(2-3-8(6)11)10-14-16-17(15-10)5-9(12)13/h2-4,9H,5H2,1H3. The molecule has 0 aliphatic heterocycles. The van der Waals surface area contributed by atoms with Crippen molar-refractivity contribution in [1.82, 2.24) is 20.2 Å². The van der Waals surface area contributed by atoms with Crippen molar-refractivity contribution in [3.05, 3.63) is 29.6 Å². The van der Waals surface area contributed by atoms with Crippen molar-refractivity contribution in [1.29, 1.82) is 0 Å². The molecule has 0 spiro atoms. The smallest absolute Gasteiger partial charge is 0.208 e. The summed E-state index contributed by atoms with van der Waals surface area (Å²) in [6.45, 7) is 0.996. The third-order valence-electron chi connectivity index (χ3n) is 2.17. The van der Waals surface area contributed by atoms with E-state index in [0.717, 1.165) is 4.80 Å². The summed E-state index contributed by atoms with van der Waals surface area (Å²) in [7, 11) is 0. The molecule has 0 saturated heterocycles. The summed E-state index contributed by atoms with van der Waals surface area (Å²) < 4.78 is 37.2.